The molecule has 2 aromatic rings. The third-order valence-corrected chi connectivity index (χ3v) is 4.43. The summed E-state index contributed by atoms with van der Waals surface area (Å²) in [5, 5.41) is 15.0. The molecule has 1 atom stereocenters. The van der Waals surface area contributed by atoms with Crippen LogP contribution in [0.25, 0.3) is 0 Å². The van der Waals surface area contributed by atoms with Crippen LogP contribution in [0.4, 0.5) is 0 Å². The minimum atomic E-state index is -1.15. The van der Waals surface area contributed by atoms with E-state index in [1.807, 2.05) is 13.8 Å². The van der Waals surface area contributed by atoms with Crippen LogP contribution in [0.2, 0.25) is 0 Å². The summed E-state index contributed by atoms with van der Waals surface area (Å²) in [6.45, 7) is 5.38. The molecule has 0 radical (unpaired) electrons. The summed E-state index contributed by atoms with van der Waals surface area (Å²) in [5.74, 6) is -1.14. The average molecular weight is 398 g/mol. The Morgan fingerprint density at radius 2 is 1.62 bits per heavy atom. The molecule has 0 aliphatic heterocycles. The molecule has 2 rings (SSSR count). The fourth-order valence-corrected chi connectivity index (χ4v) is 2.93. The first-order valence-corrected chi connectivity index (χ1v) is 9.24. The SMILES string of the molecule is COc1cccc(C(C)(CC(=O)O)NC(=O)c2ccc(C(=O)NC(C)C)cc2)c1. The summed E-state index contributed by atoms with van der Waals surface area (Å²) in [6.07, 6.45) is -0.305. The summed E-state index contributed by atoms with van der Waals surface area (Å²) in [5.41, 5.74) is 0.230. The van der Waals surface area contributed by atoms with Gasteiger partial charge in [0, 0.05) is 17.2 Å². The van der Waals surface area contributed by atoms with Crippen LogP contribution < -0.4 is 15.4 Å². The minimum absolute atomic E-state index is 0.00469. The van der Waals surface area contributed by atoms with Crippen molar-refractivity contribution in [2.75, 3.05) is 7.11 Å². The van der Waals surface area contributed by atoms with Crippen molar-refractivity contribution in [2.24, 2.45) is 0 Å². The van der Waals surface area contributed by atoms with Crippen molar-refractivity contribution < 1.29 is 24.2 Å². The van der Waals surface area contributed by atoms with Crippen LogP contribution >= 0.6 is 0 Å². The van der Waals surface area contributed by atoms with E-state index in [9.17, 15) is 19.5 Å². The maximum absolute atomic E-state index is 12.8. The first-order valence-electron chi connectivity index (χ1n) is 9.24. The van der Waals surface area contributed by atoms with Crippen molar-refractivity contribution in [1.29, 1.82) is 0 Å². The quantitative estimate of drug-likeness (QED) is 0.634. The molecule has 0 heterocycles. The van der Waals surface area contributed by atoms with Crippen LogP contribution in [-0.4, -0.2) is 36.0 Å². The van der Waals surface area contributed by atoms with E-state index in [1.165, 1.54) is 19.2 Å². The molecule has 0 spiro atoms. The van der Waals surface area contributed by atoms with Gasteiger partial charge in [0.1, 0.15) is 5.75 Å². The van der Waals surface area contributed by atoms with Gasteiger partial charge in [-0.2, -0.15) is 0 Å². The molecule has 0 aliphatic carbocycles. The highest BCUT2D eigenvalue weighted by molar-refractivity contribution is 5.98. The van der Waals surface area contributed by atoms with Gasteiger partial charge in [0.15, 0.2) is 0 Å². The Morgan fingerprint density at radius 3 is 2.14 bits per heavy atom. The molecule has 0 saturated carbocycles. The van der Waals surface area contributed by atoms with Crippen LogP contribution in [0.3, 0.4) is 0 Å². The highest BCUT2D eigenvalue weighted by Gasteiger charge is 2.32. The van der Waals surface area contributed by atoms with E-state index in [2.05, 4.69) is 10.6 Å². The number of rotatable bonds is 8. The first-order chi connectivity index (χ1) is 13.6. The van der Waals surface area contributed by atoms with Gasteiger partial charge in [-0.3, -0.25) is 14.4 Å². The number of amides is 2. The number of hydrogen-bond donors (Lipinski definition) is 3. The number of ether oxygens (including phenoxy) is 1. The van der Waals surface area contributed by atoms with Gasteiger partial charge < -0.3 is 20.5 Å². The number of carbonyl (C=O) groups excluding carboxylic acids is 2. The van der Waals surface area contributed by atoms with E-state index in [0.29, 0.717) is 22.4 Å². The maximum Gasteiger partial charge on any atom is 0.306 e. The van der Waals surface area contributed by atoms with Gasteiger partial charge in [-0.25, -0.2) is 0 Å². The van der Waals surface area contributed by atoms with Gasteiger partial charge in [0.2, 0.25) is 0 Å². The number of benzene rings is 2. The first kappa shape index (κ1) is 21.9. The summed E-state index contributed by atoms with van der Waals surface area (Å²) in [6, 6.07) is 13.1. The largest absolute Gasteiger partial charge is 0.497 e. The molecule has 7 nitrogen and oxygen atoms in total. The van der Waals surface area contributed by atoms with Crippen molar-refractivity contribution in [3.63, 3.8) is 0 Å². The summed E-state index contributed by atoms with van der Waals surface area (Å²) in [4.78, 5) is 36.3. The van der Waals surface area contributed by atoms with E-state index in [4.69, 9.17) is 4.74 Å². The van der Waals surface area contributed by atoms with Gasteiger partial charge in [-0.15, -0.1) is 0 Å². The molecule has 3 N–H and O–H groups in total. The van der Waals surface area contributed by atoms with E-state index in [1.54, 1.807) is 43.3 Å². The van der Waals surface area contributed by atoms with Crippen molar-refractivity contribution in [1.82, 2.24) is 10.6 Å². The normalized spacial score (nSPS) is 12.7. The number of carbonyl (C=O) groups is 3. The Morgan fingerprint density at radius 1 is 1.03 bits per heavy atom. The second-order valence-corrected chi connectivity index (χ2v) is 7.29. The predicted molar refractivity (Wildman–Crippen MR) is 109 cm³/mol. The molecule has 1 unspecified atom stereocenters. The topological polar surface area (TPSA) is 105 Å². The summed E-state index contributed by atoms with van der Waals surface area (Å²) in [7, 11) is 1.52. The zero-order valence-electron chi connectivity index (χ0n) is 17.0. The Bertz CT molecular complexity index is 892. The average Bonchev–Trinajstić information content (AvgIpc) is 2.67. The van der Waals surface area contributed by atoms with Gasteiger partial charge in [0.25, 0.3) is 11.8 Å². The molecule has 0 saturated heterocycles. The molecular formula is C22H26N2O5. The fourth-order valence-electron chi connectivity index (χ4n) is 2.93. The number of carboxylic acid groups (broad SMARTS) is 1. The molecular weight excluding hydrogens is 372 g/mol. The van der Waals surface area contributed by atoms with Crippen LogP contribution in [0.5, 0.6) is 5.75 Å². The molecule has 29 heavy (non-hydrogen) atoms. The van der Waals surface area contributed by atoms with Crippen LogP contribution in [0.1, 0.15) is 53.5 Å². The van der Waals surface area contributed by atoms with Gasteiger partial charge in [0.05, 0.1) is 19.1 Å². The van der Waals surface area contributed by atoms with E-state index >= 15 is 0 Å². The zero-order chi connectivity index (χ0) is 21.6. The lowest BCUT2D eigenvalue weighted by Gasteiger charge is -2.30. The Balaban J connectivity index is 2.25. The third kappa shape index (κ3) is 5.81. The maximum atomic E-state index is 12.8. The Hall–Kier alpha value is -3.35. The minimum Gasteiger partial charge on any atom is -0.497 e. The van der Waals surface area contributed by atoms with Gasteiger partial charge >= 0.3 is 5.97 Å². The van der Waals surface area contributed by atoms with Gasteiger partial charge in [-0.1, -0.05) is 12.1 Å². The molecule has 0 bridgehead atoms. The van der Waals surface area contributed by atoms with E-state index in [0.717, 1.165) is 0 Å². The van der Waals surface area contributed by atoms with Crippen LogP contribution in [-0.2, 0) is 10.3 Å². The summed E-state index contributed by atoms with van der Waals surface area (Å²) < 4.78 is 5.21. The molecule has 0 aliphatic rings. The Labute approximate surface area is 170 Å². The van der Waals surface area contributed by atoms with Crippen molar-refractivity contribution >= 4 is 17.8 Å². The van der Waals surface area contributed by atoms with Crippen LogP contribution in [0.15, 0.2) is 48.5 Å². The lowest BCUT2D eigenvalue weighted by Crippen LogP contribution is -2.45. The molecule has 0 aromatic heterocycles. The molecule has 7 heteroatoms. The standard InChI is InChI=1S/C22H26N2O5/c1-14(2)23-20(27)15-8-10-16(11-9-15)21(28)24-22(3,13-19(25)26)17-6-5-7-18(12-17)29-4/h5-12,14H,13H2,1-4H3,(H,23,27)(H,24,28)(H,25,26). The van der Waals surface area contributed by atoms with Crippen molar-refractivity contribution in [3.05, 3.63) is 65.2 Å². The van der Waals surface area contributed by atoms with E-state index < -0.39 is 17.4 Å². The lowest BCUT2D eigenvalue weighted by atomic mass is 9.88. The third-order valence-electron chi connectivity index (χ3n) is 4.43. The predicted octanol–water partition coefficient (Wildman–Crippen LogP) is 2.95. The monoisotopic (exact) mass is 398 g/mol. The number of carboxylic acids is 1. The van der Waals surface area contributed by atoms with Crippen molar-refractivity contribution in [3.8, 4) is 5.75 Å². The Kier molecular flexibility index (Phi) is 6.98. The number of aliphatic carboxylic acids is 1. The second-order valence-electron chi connectivity index (χ2n) is 7.29. The number of nitrogens with one attached hydrogen (secondary N) is 2. The second kappa shape index (κ2) is 9.23. The molecule has 2 amide bonds. The van der Waals surface area contributed by atoms with Crippen LogP contribution in [0, 0.1) is 0 Å². The molecule has 0 fully saturated rings. The fraction of sp³-hybridized carbons (Fsp3) is 0.318. The lowest BCUT2D eigenvalue weighted by molar-refractivity contribution is -0.138. The smallest absolute Gasteiger partial charge is 0.306 e. The summed E-state index contributed by atoms with van der Waals surface area (Å²) >= 11 is 0. The molecule has 154 valence electrons. The number of hydrogen-bond acceptors (Lipinski definition) is 4. The molecule has 2 aromatic carbocycles. The van der Waals surface area contributed by atoms with E-state index in [-0.39, 0.29) is 18.4 Å². The highest BCUT2D eigenvalue weighted by Crippen LogP contribution is 2.28. The highest BCUT2D eigenvalue weighted by atomic mass is 16.5. The number of methoxy groups -OCH3 is 1. The zero-order valence-corrected chi connectivity index (χ0v) is 17.0. The van der Waals surface area contributed by atoms with Crippen molar-refractivity contribution in [2.45, 2.75) is 38.8 Å². The van der Waals surface area contributed by atoms with Gasteiger partial charge in [-0.05, 0) is 62.7 Å².